The summed E-state index contributed by atoms with van der Waals surface area (Å²) in [6, 6.07) is 8.92. The predicted octanol–water partition coefficient (Wildman–Crippen LogP) is 2.89. The lowest BCUT2D eigenvalue weighted by molar-refractivity contribution is -0.118. The average molecular weight is 390 g/mol. The second-order valence-corrected chi connectivity index (χ2v) is 7.96. The van der Waals surface area contributed by atoms with E-state index in [-0.39, 0.29) is 6.42 Å². The van der Waals surface area contributed by atoms with Crippen LogP contribution in [-0.4, -0.2) is 26.4 Å². The summed E-state index contributed by atoms with van der Waals surface area (Å²) in [5, 5.41) is 18.6. The van der Waals surface area contributed by atoms with Crippen LogP contribution in [0.25, 0.3) is 5.00 Å². The molecule has 1 aromatic carbocycles. The summed E-state index contributed by atoms with van der Waals surface area (Å²) in [6.07, 6.45) is 0.0465. The number of benzene rings is 1. The second kappa shape index (κ2) is 6.69. The molecule has 1 aliphatic rings. The van der Waals surface area contributed by atoms with Crippen LogP contribution in [0.3, 0.4) is 0 Å². The SMILES string of the molecule is Cc1sc2c(c1C)C(c1ccc(C#N)cc1)=N[C@H](CC(N)=O)c1nnc(C)n1-2. The Morgan fingerprint density at radius 3 is 2.61 bits per heavy atom. The van der Waals surface area contributed by atoms with E-state index in [0.29, 0.717) is 11.4 Å². The van der Waals surface area contributed by atoms with Crippen LogP contribution in [0.4, 0.5) is 0 Å². The molecule has 1 amide bonds. The van der Waals surface area contributed by atoms with Crippen molar-refractivity contribution in [2.24, 2.45) is 10.7 Å². The second-order valence-electron chi connectivity index (χ2n) is 6.76. The first-order chi connectivity index (χ1) is 13.4. The molecule has 2 aromatic heterocycles. The van der Waals surface area contributed by atoms with E-state index in [1.54, 1.807) is 23.5 Å². The molecule has 3 heterocycles. The quantitative estimate of drug-likeness (QED) is 0.741. The van der Waals surface area contributed by atoms with Crippen LogP contribution in [0.1, 0.15) is 51.2 Å². The molecule has 1 aliphatic heterocycles. The third-order valence-electron chi connectivity index (χ3n) is 4.92. The third-order valence-corrected chi connectivity index (χ3v) is 6.11. The van der Waals surface area contributed by atoms with Crippen LogP contribution in [-0.2, 0) is 4.79 Å². The molecule has 0 aliphatic carbocycles. The summed E-state index contributed by atoms with van der Waals surface area (Å²) in [7, 11) is 0. The van der Waals surface area contributed by atoms with E-state index < -0.39 is 11.9 Å². The number of fused-ring (bicyclic) bond motifs is 3. The maximum Gasteiger partial charge on any atom is 0.220 e. The zero-order valence-corrected chi connectivity index (χ0v) is 16.5. The number of nitriles is 1. The summed E-state index contributed by atoms with van der Waals surface area (Å²) >= 11 is 1.65. The number of aliphatic imine (C=N–C) groups is 1. The van der Waals surface area contributed by atoms with Crippen LogP contribution in [0.15, 0.2) is 29.3 Å². The van der Waals surface area contributed by atoms with Gasteiger partial charge in [-0.15, -0.1) is 21.5 Å². The first kappa shape index (κ1) is 18.1. The molecule has 0 saturated heterocycles. The van der Waals surface area contributed by atoms with Gasteiger partial charge in [0, 0.05) is 16.0 Å². The number of rotatable bonds is 3. The Hall–Kier alpha value is -3.31. The van der Waals surface area contributed by atoms with Gasteiger partial charge in [-0.05, 0) is 38.5 Å². The number of primary amides is 1. The minimum absolute atomic E-state index is 0.0465. The van der Waals surface area contributed by atoms with Gasteiger partial charge >= 0.3 is 0 Å². The summed E-state index contributed by atoms with van der Waals surface area (Å²) in [6.45, 7) is 6.03. The third kappa shape index (κ3) is 2.80. The van der Waals surface area contributed by atoms with E-state index in [1.807, 2.05) is 23.6 Å². The fraction of sp³-hybridized carbons (Fsp3) is 0.250. The highest BCUT2D eigenvalue weighted by Gasteiger charge is 2.31. The van der Waals surface area contributed by atoms with Crippen molar-refractivity contribution in [3.05, 3.63) is 63.0 Å². The van der Waals surface area contributed by atoms with Crippen LogP contribution >= 0.6 is 11.3 Å². The molecule has 3 aromatic rings. The lowest BCUT2D eigenvalue weighted by Gasteiger charge is -2.11. The van der Waals surface area contributed by atoms with Crippen molar-refractivity contribution in [2.45, 2.75) is 33.2 Å². The van der Waals surface area contributed by atoms with Crippen LogP contribution in [0.2, 0.25) is 0 Å². The fourth-order valence-electron chi connectivity index (χ4n) is 3.42. The highest BCUT2D eigenvalue weighted by Crippen LogP contribution is 2.39. The lowest BCUT2D eigenvalue weighted by atomic mass is 9.99. The van der Waals surface area contributed by atoms with E-state index >= 15 is 0 Å². The number of aryl methyl sites for hydroxylation is 2. The molecule has 1 atom stereocenters. The molecule has 0 fully saturated rings. The highest BCUT2D eigenvalue weighted by atomic mass is 32.1. The van der Waals surface area contributed by atoms with Gasteiger partial charge in [0.05, 0.1) is 23.8 Å². The number of hydrogen-bond donors (Lipinski definition) is 1. The van der Waals surface area contributed by atoms with Gasteiger partial charge < -0.3 is 5.73 Å². The van der Waals surface area contributed by atoms with Gasteiger partial charge in [-0.25, -0.2) is 0 Å². The van der Waals surface area contributed by atoms with Gasteiger partial charge in [-0.1, -0.05) is 12.1 Å². The van der Waals surface area contributed by atoms with Crippen molar-refractivity contribution >= 4 is 23.0 Å². The minimum Gasteiger partial charge on any atom is -0.370 e. The molecular weight excluding hydrogens is 372 g/mol. The summed E-state index contributed by atoms with van der Waals surface area (Å²) in [5.41, 5.74) is 9.86. The zero-order chi connectivity index (χ0) is 20.0. The summed E-state index contributed by atoms with van der Waals surface area (Å²) in [4.78, 5) is 17.8. The molecule has 140 valence electrons. The molecule has 0 radical (unpaired) electrons. The Balaban J connectivity index is 2.02. The average Bonchev–Trinajstić information content (AvgIpc) is 3.14. The smallest absolute Gasteiger partial charge is 0.220 e. The molecule has 0 saturated carbocycles. The number of carbonyl (C=O) groups excluding carboxylic acids is 1. The van der Waals surface area contributed by atoms with Gasteiger partial charge in [0.2, 0.25) is 5.91 Å². The minimum atomic E-state index is -0.524. The standard InChI is InChI=1S/C20H18N6OS/c1-10-11(2)28-20-17(10)18(14-6-4-13(9-21)5-7-14)23-15(8-16(22)27)19-25-24-12(3)26(19)20/h4-7,15H,8H2,1-3H3,(H2,22,27)/t15-/m1/s1. The van der Waals surface area contributed by atoms with Crippen LogP contribution < -0.4 is 5.73 Å². The van der Waals surface area contributed by atoms with Gasteiger partial charge in [0.25, 0.3) is 0 Å². The Morgan fingerprint density at radius 1 is 1.25 bits per heavy atom. The van der Waals surface area contributed by atoms with Gasteiger partial charge in [0.15, 0.2) is 5.82 Å². The number of thiophene rings is 1. The number of nitrogens with two attached hydrogens (primary N) is 1. The Labute approximate surface area is 166 Å². The van der Waals surface area contributed by atoms with Gasteiger partial charge in [-0.2, -0.15) is 5.26 Å². The van der Waals surface area contributed by atoms with E-state index in [4.69, 9.17) is 16.0 Å². The number of hydrogen-bond acceptors (Lipinski definition) is 6. The maximum atomic E-state index is 11.7. The van der Waals surface area contributed by atoms with E-state index in [1.165, 1.54) is 4.88 Å². The van der Waals surface area contributed by atoms with Crippen molar-refractivity contribution in [3.63, 3.8) is 0 Å². The summed E-state index contributed by atoms with van der Waals surface area (Å²) < 4.78 is 1.98. The Kier molecular flexibility index (Phi) is 4.32. The molecule has 0 unspecified atom stereocenters. The van der Waals surface area contributed by atoms with Crippen molar-refractivity contribution < 1.29 is 4.79 Å². The maximum absolute atomic E-state index is 11.7. The van der Waals surface area contributed by atoms with Crippen molar-refractivity contribution in [1.82, 2.24) is 14.8 Å². The molecule has 8 heteroatoms. The largest absolute Gasteiger partial charge is 0.370 e. The molecule has 4 rings (SSSR count). The van der Waals surface area contributed by atoms with Crippen molar-refractivity contribution in [3.8, 4) is 11.1 Å². The molecule has 0 bridgehead atoms. The molecule has 28 heavy (non-hydrogen) atoms. The topological polar surface area (TPSA) is 110 Å². The normalized spacial score (nSPS) is 15.2. The first-order valence-corrected chi connectivity index (χ1v) is 9.61. The predicted molar refractivity (Wildman–Crippen MR) is 107 cm³/mol. The van der Waals surface area contributed by atoms with E-state index in [9.17, 15) is 4.79 Å². The van der Waals surface area contributed by atoms with Gasteiger partial charge in [0.1, 0.15) is 16.9 Å². The number of amides is 1. The van der Waals surface area contributed by atoms with Gasteiger partial charge in [-0.3, -0.25) is 14.4 Å². The Morgan fingerprint density at radius 2 is 1.96 bits per heavy atom. The van der Waals surface area contributed by atoms with Crippen LogP contribution in [0, 0.1) is 32.1 Å². The van der Waals surface area contributed by atoms with E-state index in [2.05, 4.69) is 30.1 Å². The first-order valence-electron chi connectivity index (χ1n) is 8.80. The number of nitrogens with zero attached hydrogens (tertiary/aromatic N) is 5. The number of carbonyl (C=O) groups is 1. The monoisotopic (exact) mass is 390 g/mol. The fourth-order valence-corrected chi connectivity index (χ4v) is 4.63. The van der Waals surface area contributed by atoms with E-state index in [0.717, 1.165) is 33.2 Å². The summed E-state index contributed by atoms with van der Waals surface area (Å²) in [5.74, 6) is 0.906. The van der Waals surface area contributed by atoms with Crippen molar-refractivity contribution in [1.29, 1.82) is 5.26 Å². The Bertz CT molecular complexity index is 1160. The lowest BCUT2D eigenvalue weighted by Crippen LogP contribution is -2.17. The molecule has 0 spiro atoms. The van der Waals surface area contributed by atoms with Crippen LogP contribution in [0.5, 0.6) is 0 Å². The van der Waals surface area contributed by atoms with Crippen molar-refractivity contribution in [2.75, 3.05) is 0 Å². The molecular formula is C20H18N6OS. The molecule has 2 N–H and O–H groups in total. The number of aromatic nitrogens is 3. The highest BCUT2D eigenvalue weighted by molar-refractivity contribution is 7.15. The molecule has 7 nitrogen and oxygen atoms in total. The zero-order valence-electron chi connectivity index (χ0n) is 15.7.